The van der Waals surface area contributed by atoms with E-state index in [0.29, 0.717) is 0 Å². The maximum absolute atomic E-state index is 12.9. The van der Waals surface area contributed by atoms with E-state index in [9.17, 15) is 9.59 Å². The van der Waals surface area contributed by atoms with Crippen LogP contribution in [0.5, 0.6) is 0 Å². The van der Waals surface area contributed by atoms with Gasteiger partial charge in [0.1, 0.15) is 12.0 Å². The third kappa shape index (κ3) is 3.31. The maximum Gasteiger partial charge on any atom is 0.345 e. The van der Waals surface area contributed by atoms with Gasteiger partial charge in [0, 0.05) is 25.7 Å². The Hall–Kier alpha value is -2.48. The third-order valence-corrected chi connectivity index (χ3v) is 4.18. The SMILES string of the molecule is COC1CCC(N(C(=O)c2ccnc(=O)[nH]2)n2ccnc2)CC1. The zero-order valence-corrected chi connectivity index (χ0v) is 12.9. The number of carbonyl (C=O) groups is 1. The third-order valence-electron chi connectivity index (χ3n) is 4.18. The number of carbonyl (C=O) groups excluding carboxylic acids is 1. The molecular weight excluding hydrogens is 298 g/mol. The topological polar surface area (TPSA) is 93.1 Å². The molecule has 0 aliphatic heterocycles. The molecular formula is C15H19N5O3. The molecule has 1 amide bonds. The normalized spacial score (nSPS) is 21.1. The summed E-state index contributed by atoms with van der Waals surface area (Å²) in [5.41, 5.74) is -0.322. The summed E-state index contributed by atoms with van der Waals surface area (Å²) in [6.45, 7) is 0. The molecule has 0 saturated heterocycles. The first-order valence-corrected chi connectivity index (χ1v) is 7.59. The van der Waals surface area contributed by atoms with Gasteiger partial charge in [-0.2, -0.15) is 0 Å². The Bertz CT molecular complexity index is 704. The number of nitrogens with zero attached hydrogens (tertiary/aromatic N) is 4. The summed E-state index contributed by atoms with van der Waals surface area (Å²) in [5.74, 6) is -0.275. The minimum atomic E-state index is -0.537. The van der Waals surface area contributed by atoms with Crippen LogP contribution in [0, 0.1) is 0 Å². The van der Waals surface area contributed by atoms with Gasteiger partial charge < -0.3 is 9.72 Å². The Morgan fingerprint density at radius 1 is 1.35 bits per heavy atom. The molecule has 0 atom stereocenters. The van der Waals surface area contributed by atoms with Crippen molar-refractivity contribution in [3.05, 3.63) is 47.2 Å². The second-order valence-electron chi connectivity index (χ2n) is 5.55. The second kappa shape index (κ2) is 6.74. The molecule has 0 spiro atoms. The zero-order valence-electron chi connectivity index (χ0n) is 12.9. The van der Waals surface area contributed by atoms with E-state index in [0.717, 1.165) is 25.7 Å². The van der Waals surface area contributed by atoms with Gasteiger partial charge >= 0.3 is 5.69 Å². The monoisotopic (exact) mass is 317 g/mol. The van der Waals surface area contributed by atoms with E-state index in [4.69, 9.17) is 4.74 Å². The van der Waals surface area contributed by atoms with Crippen molar-refractivity contribution >= 4 is 5.91 Å². The fourth-order valence-electron chi connectivity index (χ4n) is 2.98. The number of amides is 1. The Morgan fingerprint density at radius 2 is 2.13 bits per heavy atom. The molecule has 2 aromatic rings. The molecule has 3 rings (SSSR count). The van der Waals surface area contributed by atoms with E-state index < -0.39 is 5.69 Å². The average Bonchev–Trinajstić information content (AvgIpc) is 3.10. The van der Waals surface area contributed by atoms with E-state index in [1.54, 1.807) is 35.5 Å². The highest BCUT2D eigenvalue weighted by Crippen LogP contribution is 2.25. The minimum absolute atomic E-state index is 0.0276. The van der Waals surface area contributed by atoms with E-state index in [2.05, 4.69) is 15.0 Å². The molecule has 23 heavy (non-hydrogen) atoms. The summed E-state index contributed by atoms with van der Waals surface area (Å²) >= 11 is 0. The van der Waals surface area contributed by atoms with Crippen molar-refractivity contribution < 1.29 is 9.53 Å². The quantitative estimate of drug-likeness (QED) is 0.896. The van der Waals surface area contributed by atoms with Crippen molar-refractivity contribution in [2.75, 3.05) is 12.1 Å². The molecule has 2 aromatic heterocycles. The van der Waals surface area contributed by atoms with E-state index in [1.165, 1.54) is 12.3 Å². The highest BCUT2D eigenvalue weighted by molar-refractivity contribution is 6.00. The lowest BCUT2D eigenvalue weighted by molar-refractivity contribution is 0.0606. The van der Waals surface area contributed by atoms with Crippen molar-refractivity contribution in [1.82, 2.24) is 19.6 Å². The summed E-state index contributed by atoms with van der Waals surface area (Å²) in [4.78, 5) is 34.4. The van der Waals surface area contributed by atoms with Crippen molar-refractivity contribution in [1.29, 1.82) is 0 Å². The lowest BCUT2D eigenvalue weighted by Crippen LogP contribution is -2.50. The van der Waals surface area contributed by atoms with Crippen LogP contribution >= 0.6 is 0 Å². The number of rotatable bonds is 4. The van der Waals surface area contributed by atoms with Gasteiger partial charge in [0.2, 0.25) is 0 Å². The largest absolute Gasteiger partial charge is 0.381 e. The lowest BCUT2D eigenvalue weighted by Gasteiger charge is -2.36. The fourth-order valence-corrected chi connectivity index (χ4v) is 2.98. The first-order chi connectivity index (χ1) is 11.2. The van der Waals surface area contributed by atoms with Gasteiger partial charge in [-0.15, -0.1) is 0 Å². The Morgan fingerprint density at radius 3 is 2.74 bits per heavy atom. The van der Waals surface area contributed by atoms with Crippen LogP contribution in [0.4, 0.5) is 0 Å². The minimum Gasteiger partial charge on any atom is -0.381 e. The van der Waals surface area contributed by atoms with Gasteiger partial charge in [0.05, 0.1) is 12.1 Å². The van der Waals surface area contributed by atoms with Gasteiger partial charge in [-0.25, -0.2) is 24.4 Å². The molecule has 1 saturated carbocycles. The number of aromatic amines is 1. The Balaban J connectivity index is 1.88. The van der Waals surface area contributed by atoms with Crippen molar-refractivity contribution in [3.63, 3.8) is 0 Å². The number of hydrogen-bond donors (Lipinski definition) is 1. The standard InChI is InChI=1S/C15H19N5O3/c1-23-12-4-2-11(3-5-12)20(19-9-8-16-10-19)14(21)13-6-7-17-15(22)18-13/h6-12H,2-5H2,1H3,(H,17,18,22). The highest BCUT2D eigenvalue weighted by atomic mass is 16.5. The van der Waals surface area contributed by atoms with Crippen molar-refractivity contribution in [3.8, 4) is 0 Å². The average molecular weight is 317 g/mol. The van der Waals surface area contributed by atoms with E-state index >= 15 is 0 Å². The van der Waals surface area contributed by atoms with Crippen LogP contribution < -0.4 is 10.7 Å². The van der Waals surface area contributed by atoms with Crippen LogP contribution in [0.1, 0.15) is 36.2 Å². The summed E-state index contributed by atoms with van der Waals surface area (Å²) in [6, 6.07) is 1.54. The Kier molecular flexibility index (Phi) is 4.52. The number of nitrogens with one attached hydrogen (secondary N) is 1. The molecule has 1 N–H and O–H groups in total. The van der Waals surface area contributed by atoms with Crippen molar-refractivity contribution in [2.24, 2.45) is 0 Å². The number of imidazole rings is 1. The van der Waals surface area contributed by atoms with Crippen LogP contribution in [0.15, 0.2) is 35.8 Å². The number of aromatic nitrogens is 4. The van der Waals surface area contributed by atoms with Crippen LogP contribution in [-0.2, 0) is 4.74 Å². The van der Waals surface area contributed by atoms with Crippen LogP contribution in [0.25, 0.3) is 0 Å². The molecule has 1 aliphatic rings. The van der Waals surface area contributed by atoms with Crippen molar-refractivity contribution in [2.45, 2.75) is 37.8 Å². The molecule has 0 unspecified atom stereocenters. The van der Waals surface area contributed by atoms with Crippen LogP contribution in [0.2, 0.25) is 0 Å². The predicted molar refractivity (Wildman–Crippen MR) is 82.7 cm³/mol. The fraction of sp³-hybridized carbons (Fsp3) is 0.467. The first-order valence-electron chi connectivity index (χ1n) is 7.59. The van der Waals surface area contributed by atoms with E-state index in [-0.39, 0.29) is 23.7 Å². The number of hydrogen-bond acceptors (Lipinski definition) is 5. The molecule has 8 nitrogen and oxygen atoms in total. The summed E-state index contributed by atoms with van der Waals surface area (Å²) in [5, 5.41) is 1.64. The molecule has 0 aromatic carbocycles. The van der Waals surface area contributed by atoms with Crippen LogP contribution in [-0.4, -0.2) is 44.8 Å². The smallest absolute Gasteiger partial charge is 0.345 e. The lowest BCUT2D eigenvalue weighted by atomic mass is 9.92. The maximum atomic E-state index is 12.9. The second-order valence-corrected chi connectivity index (χ2v) is 5.55. The summed E-state index contributed by atoms with van der Waals surface area (Å²) in [7, 11) is 1.71. The predicted octanol–water partition coefficient (Wildman–Crippen LogP) is 0.702. The molecule has 1 aliphatic carbocycles. The number of H-pyrrole nitrogens is 1. The Labute approximate surface area is 133 Å². The summed E-state index contributed by atoms with van der Waals surface area (Å²) in [6.07, 6.45) is 9.95. The van der Waals surface area contributed by atoms with Crippen LogP contribution in [0.3, 0.4) is 0 Å². The van der Waals surface area contributed by atoms with Gasteiger partial charge in [-0.1, -0.05) is 0 Å². The van der Waals surface area contributed by atoms with E-state index in [1.807, 2.05) is 0 Å². The zero-order chi connectivity index (χ0) is 16.2. The molecule has 8 heteroatoms. The van der Waals surface area contributed by atoms with Gasteiger partial charge in [0.15, 0.2) is 0 Å². The molecule has 2 heterocycles. The number of methoxy groups -OCH3 is 1. The molecule has 1 fully saturated rings. The number of ether oxygens (including phenoxy) is 1. The van der Waals surface area contributed by atoms with Gasteiger partial charge in [0.25, 0.3) is 5.91 Å². The molecule has 0 bridgehead atoms. The summed E-state index contributed by atoms with van der Waals surface area (Å²) < 4.78 is 7.06. The van der Waals surface area contributed by atoms with Gasteiger partial charge in [-0.05, 0) is 31.7 Å². The molecule has 0 radical (unpaired) electrons. The highest BCUT2D eigenvalue weighted by Gasteiger charge is 2.31. The van der Waals surface area contributed by atoms with Gasteiger partial charge in [-0.3, -0.25) is 4.79 Å². The molecule has 122 valence electrons. The first kappa shape index (κ1) is 15.4.